The number of ether oxygens (including phenoxy) is 1. The number of aryl methyl sites for hydroxylation is 2. The molecule has 4 rings (SSSR count). The van der Waals surface area contributed by atoms with Crippen LogP contribution in [0.4, 0.5) is 21.6 Å². The number of benzene rings is 2. The van der Waals surface area contributed by atoms with Gasteiger partial charge < -0.3 is 21.5 Å². The van der Waals surface area contributed by atoms with Gasteiger partial charge in [-0.1, -0.05) is 18.2 Å². The Labute approximate surface area is 178 Å². The summed E-state index contributed by atoms with van der Waals surface area (Å²) in [6.07, 6.45) is 1.36. The van der Waals surface area contributed by atoms with E-state index in [2.05, 4.69) is 5.32 Å². The summed E-state index contributed by atoms with van der Waals surface area (Å²) < 4.78 is 21.3. The average Bonchev–Trinajstić information content (AvgIpc) is 3.07. The van der Waals surface area contributed by atoms with Crippen LogP contribution in [0.25, 0.3) is 16.9 Å². The molecule has 158 valence electrons. The zero-order chi connectivity index (χ0) is 22.1. The zero-order valence-electron chi connectivity index (χ0n) is 17.1. The summed E-state index contributed by atoms with van der Waals surface area (Å²) in [6, 6.07) is 13.9. The van der Waals surface area contributed by atoms with Crippen molar-refractivity contribution in [3.8, 4) is 17.0 Å². The van der Waals surface area contributed by atoms with E-state index in [0.29, 0.717) is 34.2 Å². The summed E-state index contributed by atoms with van der Waals surface area (Å²) in [5.41, 5.74) is 16.3. The van der Waals surface area contributed by atoms with E-state index in [1.54, 1.807) is 28.7 Å². The molecule has 1 amide bonds. The second-order valence-corrected chi connectivity index (χ2v) is 7.29. The van der Waals surface area contributed by atoms with Gasteiger partial charge >= 0.3 is 0 Å². The third-order valence-electron chi connectivity index (χ3n) is 4.94. The Balaban J connectivity index is 1.94. The first kappa shape index (κ1) is 20.2. The lowest BCUT2D eigenvalue weighted by atomic mass is 10.1. The number of fused-ring (bicyclic) bond motifs is 1. The van der Waals surface area contributed by atoms with Crippen molar-refractivity contribution in [1.82, 2.24) is 9.38 Å². The summed E-state index contributed by atoms with van der Waals surface area (Å²) >= 11 is 0. The monoisotopic (exact) mass is 419 g/mol. The number of halogens is 1. The van der Waals surface area contributed by atoms with Crippen molar-refractivity contribution in [3.63, 3.8) is 0 Å². The number of hydrogen-bond donors (Lipinski definition) is 3. The molecule has 7 nitrogen and oxygen atoms in total. The Bertz CT molecular complexity index is 1280. The van der Waals surface area contributed by atoms with Crippen molar-refractivity contribution in [2.45, 2.75) is 13.8 Å². The largest absolute Gasteiger partial charge is 0.483 e. The molecule has 2 heterocycles. The molecule has 2 aromatic heterocycles. The molecule has 0 fully saturated rings. The molecular weight excluding hydrogens is 397 g/mol. The lowest BCUT2D eigenvalue weighted by Gasteiger charge is -2.15. The van der Waals surface area contributed by atoms with Crippen molar-refractivity contribution >= 4 is 28.7 Å². The van der Waals surface area contributed by atoms with Crippen LogP contribution >= 0.6 is 0 Å². The summed E-state index contributed by atoms with van der Waals surface area (Å²) in [6.45, 7) is 3.68. The number of primary amides is 1. The molecule has 0 radical (unpaired) electrons. The Hall–Kier alpha value is -4.07. The third-order valence-corrected chi connectivity index (χ3v) is 4.94. The first-order valence-electron chi connectivity index (χ1n) is 9.65. The van der Waals surface area contributed by atoms with Gasteiger partial charge in [0.25, 0.3) is 5.91 Å². The minimum atomic E-state index is -0.603. The number of nitrogens with two attached hydrogens (primary N) is 2. The van der Waals surface area contributed by atoms with Crippen molar-refractivity contribution in [2.75, 3.05) is 17.7 Å². The second-order valence-electron chi connectivity index (χ2n) is 7.29. The Morgan fingerprint density at radius 2 is 1.90 bits per heavy atom. The first-order chi connectivity index (χ1) is 14.8. The number of amides is 1. The van der Waals surface area contributed by atoms with E-state index in [1.807, 2.05) is 32.0 Å². The highest BCUT2D eigenvalue weighted by molar-refractivity contribution is 5.85. The number of rotatable bonds is 6. The molecule has 0 bridgehead atoms. The van der Waals surface area contributed by atoms with Crippen LogP contribution < -0.4 is 21.5 Å². The van der Waals surface area contributed by atoms with Gasteiger partial charge in [0.15, 0.2) is 6.61 Å². The van der Waals surface area contributed by atoms with Crippen molar-refractivity contribution < 1.29 is 13.9 Å². The van der Waals surface area contributed by atoms with Crippen LogP contribution in [-0.4, -0.2) is 21.9 Å². The van der Waals surface area contributed by atoms with Gasteiger partial charge in [0.2, 0.25) is 0 Å². The quantitative estimate of drug-likeness (QED) is 0.410. The maximum absolute atomic E-state index is 14.1. The van der Waals surface area contributed by atoms with Crippen molar-refractivity contribution in [1.29, 1.82) is 0 Å². The highest BCUT2D eigenvalue weighted by Gasteiger charge is 2.20. The Kier molecular flexibility index (Phi) is 5.21. The Morgan fingerprint density at radius 3 is 2.61 bits per heavy atom. The number of pyridine rings is 1. The number of hydrogen-bond acceptors (Lipinski definition) is 5. The molecular formula is C23H22FN5O2. The molecule has 0 unspecified atom stereocenters. The van der Waals surface area contributed by atoms with Crippen LogP contribution in [0, 0.1) is 19.7 Å². The average molecular weight is 419 g/mol. The molecule has 0 saturated carbocycles. The zero-order valence-corrected chi connectivity index (χ0v) is 17.1. The third kappa shape index (κ3) is 4.00. The summed E-state index contributed by atoms with van der Waals surface area (Å²) in [5, 5.41) is 3.42. The predicted molar refractivity (Wildman–Crippen MR) is 119 cm³/mol. The smallest absolute Gasteiger partial charge is 0.255 e. The summed E-state index contributed by atoms with van der Waals surface area (Å²) in [4.78, 5) is 15.9. The minimum absolute atomic E-state index is 0.293. The van der Waals surface area contributed by atoms with E-state index in [0.717, 1.165) is 16.8 Å². The van der Waals surface area contributed by atoms with Gasteiger partial charge in [-0.25, -0.2) is 9.37 Å². The predicted octanol–water partition coefficient (Wildman–Crippen LogP) is 3.95. The molecule has 2 aromatic carbocycles. The van der Waals surface area contributed by atoms with Crippen LogP contribution in [0.15, 0.2) is 54.7 Å². The van der Waals surface area contributed by atoms with Crippen LogP contribution in [0.5, 0.6) is 5.75 Å². The topological polar surface area (TPSA) is 108 Å². The molecule has 0 aliphatic rings. The molecule has 0 saturated heterocycles. The van der Waals surface area contributed by atoms with Gasteiger partial charge in [0.1, 0.15) is 28.7 Å². The van der Waals surface area contributed by atoms with Crippen LogP contribution in [0.2, 0.25) is 0 Å². The van der Waals surface area contributed by atoms with Crippen molar-refractivity contribution in [3.05, 3.63) is 71.7 Å². The van der Waals surface area contributed by atoms with Crippen LogP contribution in [0.3, 0.4) is 0 Å². The van der Waals surface area contributed by atoms with Gasteiger partial charge in [0.05, 0.1) is 0 Å². The number of anilines is 3. The van der Waals surface area contributed by atoms with Crippen molar-refractivity contribution in [2.24, 2.45) is 5.73 Å². The van der Waals surface area contributed by atoms with Crippen LogP contribution in [0.1, 0.15) is 11.1 Å². The lowest BCUT2D eigenvalue weighted by Crippen LogP contribution is -2.20. The molecule has 8 heteroatoms. The Morgan fingerprint density at radius 1 is 1.16 bits per heavy atom. The van der Waals surface area contributed by atoms with Gasteiger partial charge in [-0.2, -0.15) is 0 Å². The SMILES string of the molecule is Cc1cccc(C)c1Nc1c(-c2cc(N)ccc2OCC(N)=O)nc2ccc(F)cn12. The molecule has 0 aliphatic carbocycles. The number of carbonyl (C=O) groups is 1. The van der Waals surface area contributed by atoms with E-state index < -0.39 is 11.7 Å². The molecule has 0 atom stereocenters. The van der Waals surface area contributed by atoms with E-state index in [4.69, 9.17) is 21.2 Å². The fourth-order valence-corrected chi connectivity index (χ4v) is 3.46. The summed E-state index contributed by atoms with van der Waals surface area (Å²) in [5.74, 6) is -0.0737. The summed E-state index contributed by atoms with van der Waals surface area (Å²) in [7, 11) is 0. The standard InChI is InChI=1S/C23H22FN5O2/c1-13-4-3-5-14(2)21(13)28-23-22(27-20-9-6-15(24)11-29(20)23)17-10-16(25)7-8-18(17)31-12-19(26)30/h3-11,28H,12,25H2,1-2H3,(H2,26,30). The second kappa shape index (κ2) is 7.98. The van der Waals surface area contributed by atoms with E-state index in [1.165, 1.54) is 12.3 Å². The number of imidazole rings is 1. The highest BCUT2D eigenvalue weighted by atomic mass is 19.1. The molecule has 5 N–H and O–H groups in total. The van der Waals surface area contributed by atoms with E-state index in [9.17, 15) is 9.18 Å². The molecule has 0 spiro atoms. The number of carbonyl (C=O) groups excluding carboxylic acids is 1. The molecule has 0 aliphatic heterocycles. The number of aromatic nitrogens is 2. The fourth-order valence-electron chi connectivity index (χ4n) is 3.46. The van der Waals surface area contributed by atoms with Gasteiger partial charge in [-0.3, -0.25) is 9.20 Å². The maximum Gasteiger partial charge on any atom is 0.255 e. The van der Waals surface area contributed by atoms with E-state index >= 15 is 0 Å². The number of para-hydroxylation sites is 1. The van der Waals surface area contributed by atoms with Gasteiger partial charge in [-0.15, -0.1) is 0 Å². The molecule has 31 heavy (non-hydrogen) atoms. The molecule has 4 aromatic rings. The van der Waals surface area contributed by atoms with Crippen LogP contribution in [-0.2, 0) is 4.79 Å². The van der Waals surface area contributed by atoms with Gasteiger partial charge in [0, 0.05) is 23.1 Å². The fraction of sp³-hybridized carbons (Fsp3) is 0.130. The van der Waals surface area contributed by atoms with Gasteiger partial charge in [-0.05, 0) is 55.3 Å². The van der Waals surface area contributed by atoms with E-state index in [-0.39, 0.29) is 6.61 Å². The lowest BCUT2D eigenvalue weighted by molar-refractivity contribution is -0.119. The normalized spacial score (nSPS) is 10.9. The number of nitrogen functional groups attached to an aromatic ring is 1. The highest BCUT2D eigenvalue weighted by Crippen LogP contribution is 2.38. The number of nitrogens with one attached hydrogen (secondary N) is 1. The maximum atomic E-state index is 14.1. The minimum Gasteiger partial charge on any atom is -0.483 e. The first-order valence-corrected chi connectivity index (χ1v) is 9.65. The number of nitrogens with zero attached hydrogens (tertiary/aromatic N) is 2.